The monoisotopic (exact) mass is 482 g/mol. The third-order valence-corrected chi connectivity index (χ3v) is 9.45. The predicted octanol–water partition coefficient (Wildman–Crippen LogP) is 3.78. The van der Waals surface area contributed by atoms with Gasteiger partial charge in [0.1, 0.15) is 5.82 Å². The van der Waals surface area contributed by atoms with E-state index in [4.69, 9.17) is 4.98 Å². The van der Waals surface area contributed by atoms with Gasteiger partial charge in [-0.3, -0.25) is 0 Å². The Morgan fingerprint density at radius 3 is 2.30 bits per heavy atom. The molecule has 2 aliphatic heterocycles. The summed E-state index contributed by atoms with van der Waals surface area (Å²) < 4.78 is 27.6. The average molecular weight is 483 g/mol. The smallest absolute Gasteiger partial charge is 0.243 e. The first-order chi connectivity index (χ1) is 16.1. The van der Waals surface area contributed by atoms with Crippen LogP contribution < -0.4 is 4.90 Å². The first-order valence-corrected chi connectivity index (χ1v) is 14.2. The second kappa shape index (κ2) is 9.62. The molecule has 0 amide bonds. The molecule has 33 heavy (non-hydrogen) atoms. The molecule has 0 spiro atoms. The summed E-state index contributed by atoms with van der Waals surface area (Å²) in [6, 6.07) is 17.7. The van der Waals surface area contributed by atoms with E-state index in [0.29, 0.717) is 18.0 Å². The summed E-state index contributed by atoms with van der Waals surface area (Å²) in [5, 5.41) is 2.31. The minimum Gasteiger partial charge on any atom is -0.354 e. The molecule has 1 aromatic heterocycles. The summed E-state index contributed by atoms with van der Waals surface area (Å²) in [5.41, 5.74) is 1.81. The van der Waals surface area contributed by atoms with E-state index in [-0.39, 0.29) is 0 Å². The Bertz CT molecular complexity index is 1220. The van der Waals surface area contributed by atoms with Crippen molar-refractivity contribution in [2.45, 2.75) is 11.8 Å². The molecule has 2 aliphatic rings. The highest BCUT2D eigenvalue weighted by Crippen LogP contribution is 2.31. The molecule has 174 valence electrons. The van der Waals surface area contributed by atoms with Gasteiger partial charge in [-0.15, -0.1) is 0 Å². The molecule has 0 radical (unpaired) electrons. The van der Waals surface area contributed by atoms with E-state index in [9.17, 15) is 8.42 Å². The lowest BCUT2D eigenvalue weighted by atomic mass is 10.1. The number of benzene rings is 2. The van der Waals surface area contributed by atoms with Gasteiger partial charge >= 0.3 is 0 Å². The Labute approximate surface area is 200 Å². The third-order valence-electron chi connectivity index (χ3n) is 6.60. The standard InChI is InChI=1S/C25H30N4O2S2/c1-2-27-11-13-28(14-12-27)25-23-6-4-3-5-21(23)19-24(26-25)20-7-9-22(10-8-20)33(30,31)29-15-17-32-18-16-29/h3-10,19H,2,11-18H2,1H3. The van der Waals surface area contributed by atoms with Crippen molar-refractivity contribution in [1.29, 1.82) is 0 Å². The Kier molecular flexibility index (Phi) is 6.60. The zero-order valence-electron chi connectivity index (χ0n) is 19.0. The highest BCUT2D eigenvalue weighted by molar-refractivity contribution is 7.99. The predicted molar refractivity (Wildman–Crippen MR) is 138 cm³/mol. The molecular weight excluding hydrogens is 452 g/mol. The van der Waals surface area contributed by atoms with Crippen molar-refractivity contribution in [3.63, 3.8) is 0 Å². The lowest BCUT2D eigenvalue weighted by Gasteiger charge is -2.35. The van der Waals surface area contributed by atoms with Gasteiger partial charge in [0.15, 0.2) is 0 Å². The zero-order valence-corrected chi connectivity index (χ0v) is 20.6. The average Bonchev–Trinajstić information content (AvgIpc) is 2.88. The van der Waals surface area contributed by atoms with E-state index in [0.717, 1.165) is 72.1 Å². The number of thioether (sulfide) groups is 1. The van der Waals surface area contributed by atoms with E-state index < -0.39 is 10.0 Å². The summed E-state index contributed by atoms with van der Waals surface area (Å²) in [6.45, 7) is 8.44. The van der Waals surface area contributed by atoms with Gasteiger partial charge in [-0.25, -0.2) is 13.4 Å². The number of likely N-dealkylation sites (N-methyl/N-ethyl adjacent to an activating group) is 1. The van der Waals surface area contributed by atoms with Gasteiger partial charge < -0.3 is 9.80 Å². The molecule has 0 saturated carbocycles. The second-order valence-corrected chi connectivity index (χ2v) is 11.7. The van der Waals surface area contributed by atoms with Crippen LogP contribution in [0, 0.1) is 0 Å². The first kappa shape index (κ1) is 22.7. The van der Waals surface area contributed by atoms with Crippen LogP contribution in [0.15, 0.2) is 59.5 Å². The van der Waals surface area contributed by atoms with E-state index in [1.807, 2.05) is 12.1 Å². The SMILES string of the molecule is CCN1CCN(c2nc(-c3ccc(S(=O)(=O)N4CCSCC4)cc3)cc3ccccc23)CC1. The molecule has 0 unspecified atom stereocenters. The summed E-state index contributed by atoms with van der Waals surface area (Å²) in [6.07, 6.45) is 0. The second-order valence-electron chi connectivity index (χ2n) is 8.51. The van der Waals surface area contributed by atoms with Crippen molar-refractivity contribution in [3.8, 4) is 11.3 Å². The van der Waals surface area contributed by atoms with Gasteiger partial charge in [0.25, 0.3) is 0 Å². The lowest BCUT2D eigenvalue weighted by molar-refractivity contribution is 0.271. The number of hydrogen-bond donors (Lipinski definition) is 0. The summed E-state index contributed by atoms with van der Waals surface area (Å²) in [4.78, 5) is 10.3. The van der Waals surface area contributed by atoms with E-state index >= 15 is 0 Å². The molecule has 5 rings (SSSR count). The number of hydrogen-bond acceptors (Lipinski definition) is 6. The van der Waals surface area contributed by atoms with Gasteiger partial charge in [0.05, 0.1) is 10.6 Å². The number of sulfonamides is 1. The Morgan fingerprint density at radius 1 is 0.909 bits per heavy atom. The van der Waals surface area contributed by atoms with Crippen LogP contribution in [0.5, 0.6) is 0 Å². The highest BCUT2D eigenvalue weighted by atomic mass is 32.2. The normalized spacial score (nSPS) is 18.6. The maximum absolute atomic E-state index is 13.0. The van der Waals surface area contributed by atoms with Crippen molar-refractivity contribution in [1.82, 2.24) is 14.2 Å². The fraction of sp³-hybridized carbons (Fsp3) is 0.400. The van der Waals surface area contributed by atoms with Gasteiger partial charge in [-0.1, -0.05) is 43.3 Å². The topological polar surface area (TPSA) is 56.8 Å². The number of pyridine rings is 1. The van der Waals surface area contributed by atoms with E-state index in [2.05, 4.69) is 47.1 Å². The fourth-order valence-electron chi connectivity index (χ4n) is 4.58. The van der Waals surface area contributed by atoms with Crippen LogP contribution in [-0.4, -0.2) is 79.9 Å². The van der Waals surface area contributed by atoms with Crippen LogP contribution in [0.1, 0.15) is 6.92 Å². The molecule has 0 N–H and O–H groups in total. The molecule has 0 bridgehead atoms. The van der Waals surface area contributed by atoms with Crippen LogP contribution in [0.2, 0.25) is 0 Å². The number of piperazine rings is 1. The van der Waals surface area contributed by atoms with Crippen molar-refractivity contribution in [2.24, 2.45) is 0 Å². The number of fused-ring (bicyclic) bond motifs is 1. The van der Waals surface area contributed by atoms with Crippen molar-refractivity contribution in [2.75, 3.05) is 62.2 Å². The van der Waals surface area contributed by atoms with Gasteiger partial charge in [-0.05, 0) is 30.1 Å². The van der Waals surface area contributed by atoms with E-state index in [1.54, 1.807) is 28.2 Å². The first-order valence-electron chi connectivity index (χ1n) is 11.6. The quantitative estimate of drug-likeness (QED) is 0.552. The number of rotatable bonds is 5. The highest BCUT2D eigenvalue weighted by Gasteiger charge is 2.26. The molecule has 6 nitrogen and oxygen atoms in total. The molecule has 0 aliphatic carbocycles. The number of nitrogens with zero attached hydrogens (tertiary/aromatic N) is 4. The van der Waals surface area contributed by atoms with Crippen molar-refractivity contribution >= 4 is 38.4 Å². The fourth-order valence-corrected chi connectivity index (χ4v) is 7.15. The summed E-state index contributed by atoms with van der Waals surface area (Å²) >= 11 is 1.80. The minimum absolute atomic E-state index is 0.356. The molecule has 0 atom stereocenters. The van der Waals surface area contributed by atoms with E-state index in [1.165, 1.54) is 0 Å². The van der Waals surface area contributed by atoms with Crippen LogP contribution in [0.3, 0.4) is 0 Å². The third kappa shape index (κ3) is 4.62. The Morgan fingerprint density at radius 2 is 1.61 bits per heavy atom. The molecule has 2 saturated heterocycles. The molecular formula is C25H30N4O2S2. The molecule has 3 aromatic rings. The van der Waals surface area contributed by atoms with Crippen LogP contribution >= 0.6 is 11.8 Å². The Hall–Kier alpha value is -2.13. The zero-order chi connectivity index (χ0) is 22.8. The Balaban J connectivity index is 1.47. The van der Waals surface area contributed by atoms with Crippen molar-refractivity contribution in [3.05, 3.63) is 54.6 Å². The van der Waals surface area contributed by atoms with Crippen LogP contribution in [0.4, 0.5) is 5.82 Å². The molecule has 8 heteroatoms. The lowest BCUT2D eigenvalue weighted by Crippen LogP contribution is -2.46. The van der Waals surface area contributed by atoms with Gasteiger partial charge in [0.2, 0.25) is 10.0 Å². The molecule has 2 fully saturated rings. The van der Waals surface area contributed by atoms with Gasteiger partial charge in [0, 0.05) is 61.7 Å². The van der Waals surface area contributed by atoms with Crippen molar-refractivity contribution < 1.29 is 8.42 Å². The minimum atomic E-state index is -3.44. The molecule has 3 heterocycles. The largest absolute Gasteiger partial charge is 0.354 e. The maximum atomic E-state index is 13.0. The molecule has 2 aromatic carbocycles. The number of anilines is 1. The van der Waals surface area contributed by atoms with Crippen LogP contribution in [-0.2, 0) is 10.0 Å². The van der Waals surface area contributed by atoms with Gasteiger partial charge in [-0.2, -0.15) is 16.1 Å². The summed E-state index contributed by atoms with van der Waals surface area (Å²) in [5.74, 6) is 2.72. The number of aromatic nitrogens is 1. The summed E-state index contributed by atoms with van der Waals surface area (Å²) in [7, 11) is -3.44. The van der Waals surface area contributed by atoms with Crippen LogP contribution in [0.25, 0.3) is 22.0 Å². The maximum Gasteiger partial charge on any atom is 0.243 e.